The number of anilines is 1. The molecule has 2 nitrogen and oxygen atoms in total. The van der Waals surface area contributed by atoms with Crippen LogP contribution in [0.5, 0.6) is 5.75 Å². The topological polar surface area (TPSA) is 21.3 Å². The standard InChI is InChI=1S/C15H22FNO/c1-11-4-3-5-12(7-6-11)17-13-8-9-14(16)15(10-13)18-2/h8-12,17H,3-7H2,1-2H3. The summed E-state index contributed by atoms with van der Waals surface area (Å²) in [5.41, 5.74) is 0.952. The molecule has 1 aliphatic carbocycles. The molecule has 0 saturated heterocycles. The van der Waals surface area contributed by atoms with Crippen molar-refractivity contribution in [2.45, 2.75) is 45.1 Å². The highest BCUT2D eigenvalue weighted by molar-refractivity contribution is 5.49. The normalized spacial score (nSPS) is 24.4. The molecule has 3 heteroatoms. The van der Waals surface area contributed by atoms with Gasteiger partial charge in [0.15, 0.2) is 11.6 Å². The molecule has 1 saturated carbocycles. The molecule has 0 heterocycles. The van der Waals surface area contributed by atoms with Crippen LogP contribution in [0.15, 0.2) is 18.2 Å². The summed E-state index contributed by atoms with van der Waals surface area (Å²) >= 11 is 0. The zero-order valence-corrected chi connectivity index (χ0v) is 11.2. The smallest absolute Gasteiger partial charge is 0.165 e. The predicted molar refractivity (Wildman–Crippen MR) is 72.6 cm³/mol. The highest BCUT2D eigenvalue weighted by Gasteiger charge is 2.16. The lowest BCUT2D eigenvalue weighted by Gasteiger charge is -2.18. The summed E-state index contributed by atoms with van der Waals surface area (Å²) in [6.45, 7) is 2.32. The average Bonchev–Trinajstić information content (AvgIpc) is 2.57. The molecule has 2 atom stereocenters. The molecule has 1 N–H and O–H groups in total. The summed E-state index contributed by atoms with van der Waals surface area (Å²) in [7, 11) is 1.50. The molecular weight excluding hydrogens is 229 g/mol. The van der Waals surface area contributed by atoms with Crippen LogP contribution in [0.4, 0.5) is 10.1 Å². The van der Waals surface area contributed by atoms with E-state index in [2.05, 4.69) is 12.2 Å². The van der Waals surface area contributed by atoms with Crippen LogP contribution in [0.1, 0.15) is 39.0 Å². The van der Waals surface area contributed by atoms with Gasteiger partial charge in [-0.15, -0.1) is 0 Å². The molecule has 0 aliphatic heterocycles. The Labute approximate surface area is 109 Å². The van der Waals surface area contributed by atoms with Gasteiger partial charge in [-0.1, -0.05) is 19.8 Å². The van der Waals surface area contributed by atoms with Crippen molar-refractivity contribution in [2.75, 3.05) is 12.4 Å². The highest BCUT2D eigenvalue weighted by Crippen LogP contribution is 2.27. The van der Waals surface area contributed by atoms with Gasteiger partial charge in [0.2, 0.25) is 0 Å². The number of methoxy groups -OCH3 is 1. The van der Waals surface area contributed by atoms with Crippen molar-refractivity contribution in [1.29, 1.82) is 0 Å². The van der Waals surface area contributed by atoms with Crippen molar-refractivity contribution in [2.24, 2.45) is 5.92 Å². The van der Waals surface area contributed by atoms with Gasteiger partial charge in [-0.05, 0) is 37.3 Å². The van der Waals surface area contributed by atoms with Crippen molar-refractivity contribution in [1.82, 2.24) is 0 Å². The summed E-state index contributed by atoms with van der Waals surface area (Å²) < 4.78 is 18.3. The molecule has 0 amide bonds. The molecule has 0 spiro atoms. The van der Waals surface area contributed by atoms with Crippen LogP contribution in [0.2, 0.25) is 0 Å². The van der Waals surface area contributed by atoms with Gasteiger partial charge >= 0.3 is 0 Å². The molecule has 1 aliphatic rings. The Kier molecular flexibility index (Phi) is 4.45. The first-order chi connectivity index (χ1) is 8.69. The number of ether oxygens (including phenoxy) is 1. The number of halogens is 1. The second-order valence-electron chi connectivity index (χ2n) is 5.30. The SMILES string of the molecule is COc1cc(NC2CCCC(C)CC2)ccc1F. The van der Waals surface area contributed by atoms with Crippen molar-refractivity contribution in [3.8, 4) is 5.75 Å². The van der Waals surface area contributed by atoms with E-state index in [1.54, 1.807) is 12.1 Å². The summed E-state index contributed by atoms with van der Waals surface area (Å²) in [6, 6.07) is 5.49. The van der Waals surface area contributed by atoms with Crippen LogP contribution in [0.3, 0.4) is 0 Å². The molecule has 100 valence electrons. The Morgan fingerprint density at radius 3 is 2.83 bits per heavy atom. The van der Waals surface area contributed by atoms with E-state index in [-0.39, 0.29) is 5.82 Å². The van der Waals surface area contributed by atoms with Gasteiger partial charge in [-0.25, -0.2) is 4.39 Å². The number of rotatable bonds is 3. The fraction of sp³-hybridized carbons (Fsp3) is 0.600. The average molecular weight is 251 g/mol. The van der Waals surface area contributed by atoms with Crippen LogP contribution in [0, 0.1) is 11.7 Å². The molecule has 0 bridgehead atoms. The van der Waals surface area contributed by atoms with Crippen LogP contribution < -0.4 is 10.1 Å². The lowest BCUT2D eigenvalue weighted by molar-refractivity contribution is 0.386. The Hall–Kier alpha value is -1.25. The third kappa shape index (κ3) is 3.37. The first kappa shape index (κ1) is 13.2. The lowest BCUT2D eigenvalue weighted by atomic mass is 10.0. The first-order valence-electron chi connectivity index (χ1n) is 6.79. The van der Waals surface area contributed by atoms with Crippen molar-refractivity contribution < 1.29 is 9.13 Å². The molecule has 1 aromatic rings. The Morgan fingerprint density at radius 1 is 1.22 bits per heavy atom. The Morgan fingerprint density at radius 2 is 2.06 bits per heavy atom. The summed E-state index contributed by atoms with van der Waals surface area (Å²) in [5.74, 6) is 0.832. The van der Waals surface area contributed by atoms with E-state index < -0.39 is 0 Å². The minimum absolute atomic E-state index is 0.307. The van der Waals surface area contributed by atoms with E-state index in [4.69, 9.17) is 4.74 Å². The fourth-order valence-corrected chi connectivity index (χ4v) is 2.62. The third-order valence-corrected chi connectivity index (χ3v) is 3.78. The van der Waals surface area contributed by atoms with Crippen LogP contribution in [0.25, 0.3) is 0 Å². The second kappa shape index (κ2) is 6.07. The molecular formula is C15H22FNO. The van der Waals surface area contributed by atoms with E-state index in [1.807, 2.05) is 0 Å². The zero-order chi connectivity index (χ0) is 13.0. The number of benzene rings is 1. The molecule has 0 aromatic heterocycles. The Bertz CT molecular complexity index is 394. The molecule has 1 aromatic carbocycles. The minimum atomic E-state index is -0.308. The molecule has 2 unspecified atom stereocenters. The Balaban J connectivity index is 2.00. The number of nitrogens with one attached hydrogen (secondary N) is 1. The maximum Gasteiger partial charge on any atom is 0.165 e. The van der Waals surface area contributed by atoms with Crippen molar-refractivity contribution in [3.63, 3.8) is 0 Å². The van der Waals surface area contributed by atoms with Crippen LogP contribution in [-0.4, -0.2) is 13.2 Å². The van der Waals surface area contributed by atoms with Crippen LogP contribution >= 0.6 is 0 Å². The van der Waals surface area contributed by atoms with E-state index in [0.717, 1.165) is 11.6 Å². The zero-order valence-electron chi connectivity index (χ0n) is 11.2. The molecule has 1 fully saturated rings. The highest BCUT2D eigenvalue weighted by atomic mass is 19.1. The number of hydrogen-bond donors (Lipinski definition) is 1. The number of hydrogen-bond acceptors (Lipinski definition) is 2. The van der Waals surface area contributed by atoms with E-state index in [1.165, 1.54) is 45.3 Å². The van der Waals surface area contributed by atoms with Gasteiger partial charge < -0.3 is 10.1 Å². The van der Waals surface area contributed by atoms with Gasteiger partial charge in [-0.3, -0.25) is 0 Å². The van der Waals surface area contributed by atoms with Crippen LogP contribution in [-0.2, 0) is 0 Å². The summed E-state index contributed by atoms with van der Waals surface area (Å²) in [4.78, 5) is 0. The third-order valence-electron chi connectivity index (χ3n) is 3.78. The summed E-state index contributed by atoms with van der Waals surface area (Å²) in [5, 5.41) is 3.50. The van der Waals surface area contributed by atoms with E-state index >= 15 is 0 Å². The van der Waals surface area contributed by atoms with E-state index in [0.29, 0.717) is 11.8 Å². The van der Waals surface area contributed by atoms with Gasteiger partial charge in [0.05, 0.1) is 7.11 Å². The lowest BCUT2D eigenvalue weighted by Crippen LogP contribution is -2.18. The molecule has 18 heavy (non-hydrogen) atoms. The van der Waals surface area contributed by atoms with Gasteiger partial charge in [0, 0.05) is 17.8 Å². The van der Waals surface area contributed by atoms with E-state index in [9.17, 15) is 4.39 Å². The minimum Gasteiger partial charge on any atom is -0.494 e. The maximum atomic E-state index is 13.3. The predicted octanol–water partition coefficient (Wildman–Crippen LogP) is 4.22. The van der Waals surface area contributed by atoms with Gasteiger partial charge in [0.25, 0.3) is 0 Å². The van der Waals surface area contributed by atoms with Crippen molar-refractivity contribution >= 4 is 5.69 Å². The summed E-state index contributed by atoms with van der Waals surface area (Å²) in [6.07, 6.45) is 6.27. The quantitative estimate of drug-likeness (QED) is 0.812. The van der Waals surface area contributed by atoms with Gasteiger partial charge in [0.1, 0.15) is 0 Å². The fourth-order valence-electron chi connectivity index (χ4n) is 2.62. The first-order valence-corrected chi connectivity index (χ1v) is 6.79. The molecule has 0 radical (unpaired) electrons. The second-order valence-corrected chi connectivity index (χ2v) is 5.30. The largest absolute Gasteiger partial charge is 0.494 e. The maximum absolute atomic E-state index is 13.3. The van der Waals surface area contributed by atoms with Gasteiger partial charge in [-0.2, -0.15) is 0 Å². The molecule has 2 rings (SSSR count). The monoisotopic (exact) mass is 251 g/mol. The van der Waals surface area contributed by atoms with Crippen molar-refractivity contribution in [3.05, 3.63) is 24.0 Å².